The van der Waals surface area contributed by atoms with Gasteiger partial charge in [-0.15, -0.1) is 0 Å². The molecule has 2 saturated heterocycles. The van der Waals surface area contributed by atoms with E-state index in [0.29, 0.717) is 12.8 Å². The molecule has 1 amide bonds. The first-order valence-corrected chi connectivity index (χ1v) is 35.4. The number of ether oxygens (including phenoxy) is 4. The lowest BCUT2D eigenvalue weighted by Crippen LogP contribution is -2.65. The van der Waals surface area contributed by atoms with Crippen LogP contribution in [0.4, 0.5) is 0 Å². The number of hydrogen-bond acceptors (Lipinski definition) is 13. The molecule has 0 aromatic heterocycles. The van der Waals surface area contributed by atoms with Gasteiger partial charge in [-0.1, -0.05) is 296 Å². The lowest BCUT2D eigenvalue weighted by Gasteiger charge is -2.46. The lowest BCUT2D eigenvalue weighted by atomic mass is 9.97. The molecule has 2 rings (SSSR count). The van der Waals surface area contributed by atoms with Crippen LogP contribution in [0, 0.1) is 0 Å². The molecule has 9 N–H and O–H groups in total. The fourth-order valence-electron chi connectivity index (χ4n) is 12.1. The largest absolute Gasteiger partial charge is 0.394 e. The van der Waals surface area contributed by atoms with E-state index in [1.165, 1.54) is 250 Å². The zero-order chi connectivity index (χ0) is 60.2. The Morgan fingerprint density at radius 2 is 0.759 bits per heavy atom. The second kappa shape index (κ2) is 54.8. The summed E-state index contributed by atoms with van der Waals surface area (Å²) in [6.45, 7) is 2.91. The topological polar surface area (TPSA) is 228 Å². The SMILES string of the molecule is CCCCCCCCCC/C=C\CCCCCCCCCCCCCCCCCCCCCCCC(=O)NC(COC1OC(CO)C(OC2OC(CO)C(O)C(O)C2O)C(O)C1O)C(O)CCCCCCCCCCCCCCCCCC. The summed E-state index contributed by atoms with van der Waals surface area (Å²) in [5.41, 5.74) is 0. The molecule has 2 heterocycles. The summed E-state index contributed by atoms with van der Waals surface area (Å²) in [6.07, 6.45) is 49.6. The number of nitrogens with one attached hydrogen (secondary N) is 1. The van der Waals surface area contributed by atoms with Crippen molar-refractivity contribution in [1.82, 2.24) is 5.32 Å². The molecule has 2 aliphatic heterocycles. The van der Waals surface area contributed by atoms with Crippen LogP contribution in [0.1, 0.15) is 328 Å². The minimum Gasteiger partial charge on any atom is -0.394 e. The summed E-state index contributed by atoms with van der Waals surface area (Å²) in [6, 6.07) is -0.825. The molecule has 2 fully saturated rings. The molecule has 12 unspecified atom stereocenters. The van der Waals surface area contributed by atoms with Gasteiger partial charge >= 0.3 is 0 Å². The van der Waals surface area contributed by atoms with Gasteiger partial charge in [-0.3, -0.25) is 4.79 Å². The van der Waals surface area contributed by atoms with E-state index in [9.17, 15) is 45.6 Å². The number of hydrogen-bond donors (Lipinski definition) is 9. The summed E-state index contributed by atoms with van der Waals surface area (Å²) in [7, 11) is 0. The van der Waals surface area contributed by atoms with E-state index in [1.807, 2.05) is 0 Å². The highest BCUT2D eigenvalue weighted by molar-refractivity contribution is 5.76. The van der Waals surface area contributed by atoms with Crippen LogP contribution in [0.5, 0.6) is 0 Å². The molecule has 492 valence electrons. The molecule has 0 aromatic rings. The fraction of sp³-hybridized carbons (Fsp3) is 0.957. The van der Waals surface area contributed by atoms with Crippen molar-refractivity contribution < 1.29 is 64.6 Å². The van der Waals surface area contributed by atoms with Gasteiger partial charge in [-0.2, -0.15) is 0 Å². The van der Waals surface area contributed by atoms with Gasteiger partial charge in [-0.05, 0) is 38.5 Å². The number of rotatable bonds is 59. The summed E-state index contributed by atoms with van der Waals surface area (Å²) in [5.74, 6) is -0.199. The van der Waals surface area contributed by atoms with Crippen LogP contribution in [0.15, 0.2) is 12.2 Å². The molecule has 12 atom stereocenters. The third-order valence-corrected chi connectivity index (χ3v) is 17.7. The molecule has 0 aromatic carbocycles. The Morgan fingerprint density at radius 1 is 0.422 bits per heavy atom. The average Bonchev–Trinajstić information content (AvgIpc) is 3.63. The first-order valence-electron chi connectivity index (χ1n) is 35.4. The summed E-state index contributed by atoms with van der Waals surface area (Å²) in [5, 5.41) is 87.5. The molecule has 14 nitrogen and oxygen atoms in total. The van der Waals surface area contributed by atoms with Gasteiger partial charge in [0.1, 0.15) is 48.8 Å². The number of carbonyl (C=O) groups is 1. The molecule has 14 heteroatoms. The van der Waals surface area contributed by atoms with Crippen molar-refractivity contribution in [3.05, 3.63) is 12.2 Å². The lowest BCUT2D eigenvalue weighted by molar-refractivity contribution is -0.359. The quantitative estimate of drug-likeness (QED) is 0.0204. The maximum atomic E-state index is 13.3. The van der Waals surface area contributed by atoms with Crippen LogP contribution in [-0.2, 0) is 23.7 Å². The third-order valence-electron chi connectivity index (χ3n) is 17.7. The van der Waals surface area contributed by atoms with Gasteiger partial charge in [0.05, 0.1) is 32.0 Å². The van der Waals surface area contributed by atoms with Gasteiger partial charge in [0.15, 0.2) is 12.6 Å². The first-order chi connectivity index (χ1) is 40.6. The average molecular weight is 1180 g/mol. The Bertz CT molecular complexity index is 1440. The van der Waals surface area contributed by atoms with Crippen LogP contribution in [0.2, 0.25) is 0 Å². The molecule has 0 saturated carbocycles. The van der Waals surface area contributed by atoms with Crippen LogP contribution < -0.4 is 5.32 Å². The minimum atomic E-state index is -1.78. The van der Waals surface area contributed by atoms with Gasteiger partial charge in [0.2, 0.25) is 5.91 Å². The number of amides is 1. The standard InChI is InChI=1S/C69H133NO13/c1-3-5-7-9-11-13-15-17-19-21-22-23-24-25-26-27-28-29-30-31-32-33-34-35-36-37-39-41-43-45-47-49-51-53-61(74)70-57(58(73)52-50-48-46-44-42-40-38-20-18-16-14-12-10-8-6-4-2)56-80-68-66(79)64(77)67(60(55-72)82-68)83-69-65(78)63(76)62(75)59(54-71)81-69/h21-22,57-60,62-69,71-73,75-79H,3-20,23-56H2,1-2H3,(H,70,74)/b22-21-. The van der Waals surface area contributed by atoms with Crippen molar-refractivity contribution in [2.45, 2.75) is 402 Å². The van der Waals surface area contributed by atoms with Crippen LogP contribution >= 0.6 is 0 Å². The Morgan fingerprint density at radius 3 is 1.14 bits per heavy atom. The van der Waals surface area contributed by atoms with Crippen molar-refractivity contribution in [2.24, 2.45) is 0 Å². The molecular formula is C69H133NO13. The summed E-state index contributed by atoms with van der Waals surface area (Å²) in [4.78, 5) is 13.3. The van der Waals surface area contributed by atoms with E-state index in [-0.39, 0.29) is 12.5 Å². The predicted molar refractivity (Wildman–Crippen MR) is 337 cm³/mol. The van der Waals surface area contributed by atoms with Crippen LogP contribution in [0.3, 0.4) is 0 Å². The highest BCUT2D eigenvalue weighted by Crippen LogP contribution is 2.30. The van der Waals surface area contributed by atoms with E-state index >= 15 is 0 Å². The van der Waals surface area contributed by atoms with E-state index < -0.39 is 86.8 Å². The van der Waals surface area contributed by atoms with Crippen LogP contribution in [-0.4, -0.2) is 140 Å². The van der Waals surface area contributed by atoms with Crippen molar-refractivity contribution in [3.63, 3.8) is 0 Å². The van der Waals surface area contributed by atoms with Crippen molar-refractivity contribution >= 4 is 5.91 Å². The highest BCUT2D eigenvalue weighted by atomic mass is 16.7. The maximum absolute atomic E-state index is 13.3. The molecule has 0 spiro atoms. The predicted octanol–water partition coefficient (Wildman–Crippen LogP) is 14.2. The van der Waals surface area contributed by atoms with Crippen molar-refractivity contribution in [1.29, 1.82) is 0 Å². The second-order valence-corrected chi connectivity index (χ2v) is 25.4. The summed E-state index contributed by atoms with van der Waals surface area (Å²) >= 11 is 0. The van der Waals surface area contributed by atoms with E-state index in [1.54, 1.807) is 0 Å². The molecule has 0 radical (unpaired) electrons. The number of aliphatic hydroxyl groups excluding tert-OH is 8. The van der Waals surface area contributed by atoms with E-state index in [2.05, 4.69) is 31.3 Å². The fourth-order valence-corrected chi connectivity index (χ4v) is 12.1. The van der Waals surface area contributed by atoms with Gasteiger partial charge in [-0.25, -0.2) is 0 Å². The number of carbonyl (C=O) groups excluding carboxylic acids is 1. The van der Waals surface area contributed by atoms with Gasteiger partial charge in [0, 0.05) is 6.42 Å². The van der Waals surface area contributed by atoms with Crippen LogP contribution in [0.25, 0.3) is 0 Å². The van der Waals surface area contributed by atoms with E-state index in [0.717, 1.165) is 51.4 Å². The maximum Gasteiger partial charge on any atom is 0.220 e. The Balaban J connectivity index is 1.60. The Hall–Kier alpha value is -1.27. The normalized spacial score (nSPS) is 23.8. The van der Waals surface area contributed by atoms with Crippen molar-refractivity contribution in [2.75, 3.05) is 19.8 Å². The monoisotopic (exact) mass is 1180 g/mol. The number of aliphatic hydroxyl groups is 8. The highest BCUT2D eigenvalue weighted by Gasteiger charge is 2.51. The van der Waals surface area contributed by atoms with Crippen molar-refractivity contribution in [3.8, 4) is 0 Å². The minimum absolute atomic E-state index is 0.199. The molecule has 0 bridgehead atoms. The Kier molecular flexibility index (Phi) is 51.4. The zero-order valence-electron chi connectivity index (χ0n) is 53.5. The van der Waals surface area contributed by atoms with E-state index in [4.69, 9.17) is 18.9 Å². The smallest absolute Gasteiger partial charge is 0.220 e. The number of allylic oxidation sites excluding steroid dienone is 2. The second-order valence-electron chi connectivity index (χ2n) is 25.4. The molecule has 83 heavy (non-hydrogen) atoms. The summed E-state index contributed by atoms with van der Waals surface area (Å²) < 4.78 is 22.9. The molecule has 0 aliphatic carbocycles. The zero-order valence-corrected chi connectivity index (χ0v) is 53.5. The Labute approximate surface area is 507 Å². The number of unbranched alkanes of at least 4 members (excludes halogenated alkanes) is 44. The molecular weight excluding hydrogens is 1050 g/mol. The molecule has 2 aliphatic rings. The van der Waals surface area contributed by atoms with Gasteiger partial charge in [0.25, 0.3) is 0 Å². The van der Waals surface area contributed by atoms with Gasteiger partial charge < -0.3 is 65.1 Å². The third kappa shape index (κ3) is 39.4. The first kappa shape index (κ1) is 77.8.